The summed E-state index contributed by atoms with van der Waals surface area (Å²) in [5.41, 5.74) is 2.92. The topological polar surface area (TPSA) is 40.9 Å². The lowest BCUT2D eigenvalue weighted by molar-refractivity contribution is -0.135. The van der Waals surface area contributed by atoms with E-state index in [0.717, 1.165) is 49.4 Å². The summed E-state index contributed by atoms with van der Waals surface area (Å²) in [7, 11) is 0. The summed E-state index contributed by atoms with van der Waals surface area (Å²) >= 11 is 1.66. The van der Waals surface area contributed by atoms with Gasteiger partial charge in [-0.1, -0.05) is 24.6 Å². The Labute approximate surface area is 180 Å². The number of aromatic nitrogens is 2. The van der Waals surface area contributed by atoms with Crippen LogP contribution in [0.2, 0.25) is 0 Å². The molecule has 5 rings (SSSR count). The average Bonchev–Trinajstić information content (AvgIpc) is 3.40. The summed E-state index contributed by atoms with van der Waals surface area (Å²) in [6.45, 7) is 4.23. The van der Waals surface area contributed by atoms with E-state index in [-0.39, 0.29) is 17.8 Å². The van der Waals surface area contributed by atoms with Crippen molar-refractivity contribution in [1.82, 2.24) is 19.2 Å². The van der Waals surface area contributed by atoms with E-state index in [1.165, 1.54) is 11.8 Å². The van der Waals surface area contributed by atoms with E-state index in [2.05, 4.69) is 27.8 Å². The van der Waals surface area contributed by atoms with Gasteiger partial charge in [-0.3, -0.25) is 14.1 Å². The van der Waals surface area contributed by atoms with Crippen molar-refractivity contribution in [3.8, 4) is 0 Å². The lowest BCUT2D eigenvalue weighted by Gasteiger charge is -2.37. The molecule has 2 aliphatic rings. The number of aryl methyl sites for hydroxylation is 1. The normalized spacial score (nSPS) is 23.0. The number of hydrogen-bond donors (Lipinski definition) is 0. The maximum absolute atomic E-state index is 14.3. The lowest BCUT2D eigenvalue weighted by atomic mass is 9.96. The summed E-state index contributed by atoms with van der Waals surface area (Å²) in [6, 6.07) is 7.28. The molecular weight excluding hydrogens is 399 g/mol. The van der Waals surface area contributed by atoms with Gasteiger partial charge in [0.25, 0.3) is 0 Å². The Morgan fingerprint density at radius 2 is 2.03 bits per heavy atom. The number of imidazole rings is 1. The Morgan fingerprint density at radius 1 is 1.17 bits per heavy atom. The van der Waals surface area contributed by atoms with E-state index in [1.807, 2.05) is 11.0 Å². The van der Waals surface area contributed by atoms with Gasteiger partial charge >= 0.3 is 0 Å². The average molecular weight is 427 g/mol. The number of likely N-dealkylation sites (tertiary alicyclic amines) is 2. The van der Waals surface area contributed by atoms with Crippen molar-refractivity contribution in [2.24, 2.45) is 0 Å². The maximum Gasteiger partial charge on any atom is 0.223 e. The van der Waals surface area contributed by atoms with Crippen molar-refractivity contribution in [3.63, 3.8) is 0 Å². The fourth-order valence-corrected chi connectivity index (χ4v) is 5.91. The van der Waals surface area contributed by atoms with Crippen molar-refractivity contribution in [1.29, 1.82) is 0 Å². The molecule has 0 N–H and O–H groups in total. The van der Waals surface area contributed by atoms with Crippen LogP contribution in [0.4, 0.5) is 4.39 Å². The first-order valence-corrected chi connectivity index (χ1v) is 11.7. The molecule has 2 atom stereocenters. The number of thiazole rings is 1. The van der Waals surface area contributed by atoms with Crippen LogP contribution in [0.5, 0.6) is 0 Å². The highest BCUT2D eigenvalue weighted by Gasteiger charge is 2.40. The zero-order chi connectivity index (χ0) is 20.7. The fourth-order valence-electron chi connectivity index (χ4n) is 5.13. The molecule has 3 aromatic rings. The monoisotopic (exact) mass is 426 g/mol. The Morgan fingerprint density at radius 3 is 2.90 bits per heavy atom. The number of nitrogens with zero attached hydrogens (tertiary/aromatic N) is 4. The minimum Gasteiger partial charge on any atom is -0.334 e. The highest BCUT2D eigenvalue weighted by molar-refractivity contribution is 7.15. The van der Waals surface area contributed by atoms with Crippen LogP contribution in [0.15, 0.2) is 35.8 Å². The second kappa shape index (κ2) is 8.12. The van der Waals surface area contributed by atoms with Gasteiger partial charge in [-0.2, -0.15) is 0 Å². The van der Waals surface area contributed by atoms with Crippen LogP contribution in [0.3, 0.4) is 0 Å². The molecule has 5 nitrogen and oxygen atoms in total. The number of fused-ring (bicyclic) bond motifs is 2. The number of halogens is 1. The highest BCUT2D eigenvalue weighted by atomic mass is 32.1. The molecule has 0 aliphatic carbocycles. The molecule has 0 saturated carbocycles. The molecule has 2 aliphatic heterocycles. The third-order valence-corrected chi connectivity index (χ3v) is 7.46. The first-order valence-electron chi connectivity index (χ1n) is 10.8. The van der Waals surface area contributed by atoms with E-state index in [9.17, 15) is 9.18 Å². The number of carbonyl (C=O) groups is 1. The molecule has 30 heavy (non-hydrogen) atoms. The van der Waals surface area contributed by atoms with Crippen LogP contribution >= 0.6 is 11.3 Å². The number of carbonyl (C=O) groups excluding carboxylic acids is 1. The van der Waals surface area contributed by atoms with Crippen molar-refractivity contribution < 1.29 is 9.18 Å². The maximum atomic E-state index is 14.3. The minimum atomic E-state index is -0.228. The van der Waals surface area contributed by atoms with Crippen LogP contribution in [-0.2, 0) is 17.9 Å². The molecule has 2 fully saturated rings. The Kier molecular flexibility index (Phi) is 5.33. The van der Waals surface area contributed by atoms with Gasteiger partial charge in [0.05, 0.1) is 11.4 Å². The second-order valence-corrected chi connectivity index (χ2v) is 9.33. The number of amides is 1. The molecule has 4 heterocycles. The molecule has 0 unspecified atom stereocenters. The number of benzene rings is 1. The first-order chi connectivity index (χ1) is 14.6. The first kappa shape index (κ1) is 19.7. The molecule has 0 radical (unpaired) electrons. The zero-order valence-corrected chi connectivity index (χ0v) is 18.1. The standard InChI is InChI=1S/C23H27FN4OS/c1-16-21(27-12-13-30-23(27)25-16)15-26-11-10-20-19(26)8-4-5-9-22(29)28(20)14-17-6-2-3-7-18(17)24/h2-3,6-7,12-13,19-20H,4-5,8-11,14-15H2,1H3/t19-,20+/m1/s1. The minimum absolute atomic E-state index is 0.142. The summed E-state index contributed by atoms with van der Waals surface area (Å²) in [5, 5.41) is 2.07. The van der Waals surface area contributed by atoms with Gasteiger partial charge in [-0.05, 0) is 32.3 Å². The van der Waals surface area contributed by atoms with Gasteiger partial charge in [-0.25, -0.2) is 9.37 Å². The van der Waals surface area contributed by atoms with E-state index < -0.39 is 0 Å². The summed E-state index contributed by atoms with van der Waals surface area (Å²) in [5.74, 6) is -0.0657. The molecule has 0 bridgehead atoms. The summed E-state index contributed by atoms with van der Waals surface area (Å²) in [4.78, 5) is 23.2. The number of rotatable bonds is 4. The molecule has 1 aromatic carbocycles. The molecule has 7 heteroatoms. The Hall–Kier alpha value is -2.25. The van der Waals surface area contributed by atoms with E-state index >= 15 is 0 Å². The van der Waals surface area contributed by atoms with Gasteiger partial charge in [0.2, 0.25) is 5.91 Å². The van der Waals surface area contributed by atoms with Crippen LogP contribution in [0, 0.1) is 12.7 Å². The smallest absolute Gasteiger partial charge is 0.223 e. The molecule has 1 amide bonds. The quantitative estimate of drug-likeness (QED) is 0.621. The van der Waals surface area contributed by atoms with Crippen LogP contribution in [0.25, 0.3) is 4.96 Å². The van der Waals surface area contributed by atoms with Crippen LogP contribution in [0.1, 0.15) is 49.1 Å². The zero-order valence-electron chi connectivity index (χ0n) is 17.3. The molecule has 2 saturated heterocycles. The summed E-state index contributed by atoms with van der Waals surface area (Å²) < 4.78 is 16.5. The SMILES string of the molecule is Cc1nc2sccn2c1CN1CC[C@H]2[C@H]1CCCCC(=O)N2Cc1ccccc1F. The van der Waals surface area contributed by atoms with E-state index in [0.29, 0.717) is 24.6 Å². The van der Waals surface area contributed by atoms with E-state index in [4.69, 9.17) is 4.98 Å². The van der Waals surface area contributed by atoms with Gasteiger partial charge in [-0.15, -0.1) is 11.3 Å². The largest absolute Gasteiger partial charge is 0.334 e. The Bertz CT molecular complexity index is 1060. The second-order valence-electron chi connectivity index (χ2n) is 8.45. The predicted molar refractivity (Wildman–Crippen MR) is 116 cm³/mol. The Balaban J connectivity index is 1.41. The van der Waals surface area contributed by atoms with Crippen molar-refractivity contribution in [2.75, 3.05) is 6.54 Å². The fraction of sp³-hybridized carbons (Fsp3) is 0.478. The third-order valence-electron chi connectivity index (χ3n) is 6.70. The van der Waals surface area contributed by atoms with E-state index in [1.54, 1.807) is 23.5 Å². The van der Waals surface area contributed by atoms with Gasteiger partial charge in [0, 0.05) is 55.3 Å². The lowest BCUT2D eigenvalue weighted by Crippen LogP contribution is -2.48. The highest BCUT2D eigenvalue weighted by Crippen LogP contribution is 2.33. The molecule has 0 spiro atoms. The van der Waals surface area contributed by atoms with Crippen molar-refractivity contribution in [3.05, 3.63) is 58.6 Å². The van der Waals surface area contributed by atoms with Gasteiger partial charge in [0.1, 0.15) is 5.82 Å². The van der Waals surface area contributed by atoms with Crippen LogP contribution in [-0.4, -0.2) is 43.7 Å². The van der Waals surface area contributed by atoms with Crippen molar-refractivity contribution in [2.45, 2.75) is 64.2 Å². The number of hydrogen-bond acceptors (Lipinski definition) is 4. The van der Waals surface area contributed by atoms with Gasteiger partial charge in [0.15, 0.2) is 4.96 Å². The van der Waals surface area contributed by atoms with Crippen molar-refractivity contribution >= 4 is 22.2 Å². The predicted octanol–water partition coefficient (Wildman–Crippen LogP) is 4.39. The third kappa shape index (κ3) is 3.54. The van der Waals surface area contributed by atoms with Gasteiger partial charge < -0.3 is 4.90 Å². The molecule has 158 valence electrons. The summed E-state index contributed by atoms with van der Waals surface area (Å²) in [6.07, 6.45) is 6.65. The van der Waals surface area contributed by atoms with Crippen LogP contribution < -0.4 is 0 Å². The molecule has 2 aromatic heterocycles. The molecular formula is C23H27FN4OS.